The van der Waals surface area contributed by atoms with Crippen LogP contribution in [0.15, 0.2) is 39.4 Å². The van der Waals surface area contributed by atoms with Crippen LogP contribution >= 0.6 is 22.9 Å². The minimum atomic E-state index is -0.113. The van der Waals surface area contributed by atoms with E-state index in [0.717, 1.165) is 43.1 Å². The first kappa shape index (κ1) is 19.9. The fraction of sp³-hybridized carbons (Fsp3) is 0.350. The topological polar surface area (TPSA) is 74.5 Å². The lowest BCUT2D eigenvalue weighted by atomic mass is 10.2. The summed E-state index contributed by atoms with van der Waals surface area (Å²) in [5, 5.41) is 15.6. The Bertz CT molecular complexity index is 967. The molecule has 0 aliphatic carbocycles. The molecular formula is C20H22ClN5O2S. The van der Waals surface area contributed by atoms with Crippen molar-refractivity contribution in [3.8, 4) is 11.5 Å². The largest absolute Gasteiger partial charge is 0.421 e. The predicted molar refractivity (Wildman–Crippen MR) is 116 cm³/mol. The molecule has 4 rings (SSSR count). The van der Waals surface area contributed by atoms with E-state index in [9.17, 15) is 4.79 Å². The lowest BCUT2D eigenvalue weighted by Gasteiger charge is -2.35. The molecule has 0 saturated carbocycles. The number of likely N-dealkylation sites (N-methyl/N-ethyl adjacent to an activating group) is 1. The maximum absolute atomic E-state index is 12.6. The Morgan fingerprint density at radius 1 is 1.24 bits per heavy atom. The summed E-state index contributed by atoms with van der Waals surface area (Å²) in [5.41, 5.74) is 2.62. The number of piperazine rings is 1. The lowest BCUT2D eigenvalue weighted by Crippen LogP contribution is -2.44. The van der Waals surface area contributed by atoms with Gasteiger partial charge in [0.25, 0.3) is 0 Å². The highest BCUT2D eigenvalue weighted by Gasteiger charge is 2.19. The van der Waals surface area contributed by atoms with Gasteiger partial charge in [-0.2, -0.15) is 11.3 Å². The van der Waals surface area contributed by atoms with E-state index >= 15 is 0 Å². The average Bonchev–Trinajstić information content (AvgIpc) is 3.39. The van der Waals surface area contributed by atoms with Crippen molar-refractivity contribution in [2.75, 3.05) is 43.4 Å². The van der Waals surface area contributed by atoms with Crippen molar-refractivity contribution in [1.29, 1.82) is 0 Å². The standard InChI is InChI=1S/C20H22ClN5O2S/c1-25-7-9-26(10-8-25)17-3-2-15(21)12-16(17)22-18(27)4-5-19-23-24-20(28-19)14-6-11-29-13-14/h2-3,6,11-13H,4-5,7-10H2,1H3,(H,22,27). The van der Waals surface area contributed by atoms with Crippen molar-refractivity contribution < 1.29 is 9.21 Å². The molecule has 2 aromatic heterocycles. The fourth-order valence-corrected chi connectivity index (χ4v) is 4.02. The van der Waals surface area contributed by atoms with Gasteiger partial charge in [-0.25, -0.2) is 0 Å². The number of aryl methyl sites for hydroxylation is 1. The van der Waals surface area contributed by atoms with Crippen LogP contribution in [0.3, 0.4) is 0 Å². The number of thiophene rings is 1. The van der Waals surface area contributed by atoms with Gasteiger partial charge < -0.3 is 19.5 Å². The molecule has 1 saturated heterocycles. The molecule has 0 spiro atoms. The molecule has 0 radical (unpaired) electrons. The summed E-state index contributed by atoms with van der Waals surface area (Å²) in [7, 11) is 2.11. The smallest absolute Gasteiger partial charge is 0.248 e. The van der Waals surface area contributed by atoms with Crippen LogP contribution in [0.1, 0.15) is 12.3 Å². The summed E-state index contributed by atoms with van der Waals surface area (Å²) in [5.74, 6) is 0.818. The number of amides is 1. The van der Waals surface area contributed by atoms with E-state index in [1.807, 2.05) is 29.0 Å². The molecule has 0 unspecified atom stereocenters. The molecule has 29 heavy (non-hydrogen) atoms. The van der Waals surface area contributed by atoms with E-state index < -0.39 is 0 Å². The van der Waals surface area contributed by atoms with Gasteiger partial charge in [-0.15, -0.1) is 10.2 Å². The molecule has 1 aromatic carbocycles. The summed E-state index contributed by atoms with van der Waals surface area (Å²) in [6.45, 7) is 3.79. The number of aromatic nitrogens is 2. The van der Waals surface area contributed by atoms with Crippen molar-refractivity contribution >= 4 is 40.2 Å². The predicted octanol–water partition coefficient (Wildman–Crippen LogP) is 3.77. The Kier molecular flexibility index (Phi) is 6.13. The molecular weight excluding hydrogens is 410 g/mol. The van der Waals surface area contributed by atoms with Crippen molar-refractivity contribution in [2.24, 2.45) is 0 Å². The van der Waals surface area contributed by atoms with Crippen LogP contribution in [-0.4, -0.2) is 54.2 Å². The normalized spacial score (nSPS) is 14.9. The number of nitrogens with zero attached hydrogens (tertiary/aromatic N) is 4. The summed E-state index contributed by atoms with van der Waals surface area (Å²) in [6, 6.07) is 7.55. The van der Waals surface area contributed by atoms with Crippen molar-refractivity contribution in [2.45, 2.75) is 12.8 Å². The molecule has 1 amide bonds. The monoisotopic (exact) mass is 431 g/mol. The van der Waals surface area contributed by atoms with Crippen LogP contribution in [0.2, 0.25) is 5.02 Å². The van der Waals surface area contributed by atoms with Gasteiger partial charge in [-0.1, -0.05) is 11.6 Å². The number of benzene rings is 1. The maximum Gasteiger partial charge on any atom is 0.248 e. The molecule has 1 N–H and O–H groups in total. The van der Waals surface area contributed by atoms with E-state index in [1.54, 1.807) is 17.4 Å². The van der Waals surface area contributed by atoms with Crippen LogP contribution in [0.4, 0.5) is 11.4 Å². The Hall–Kier alpha value is -2.42. The van der Waals surface area contributed by atoms with Crippen molar-refractivity contribution in [3.63, 3.8) is 0 Å². The van der Waals surface area contributed by atoms with Gasteiger partial charge in [-0.05, 0) is 36.7 Å². The summed E-state index contributed by atoms with van der Waals surface area (Å²) in [4.78, 5) is 17.1. The van der Waals surface area contributed by atoms with Gasteiger partial charge >= 0.3 is 0 Å². The highest BCUT2D eigenvalue weighted by Crippen LogP contribution is 2.30. The molecule has 152 valence electrons. The average molecular weight is 432 g/mol. The summed E-state index contributed by atoms with van der Waals surface area (Å²) >= 11 is 7.74. The van der Waals surface area contributed by atoms with E-state index in [4.69, 9.17) is 16.0 Å². The second-order valence-electron chi connectivity index (χ2n) is 7.01. The second kappa shape index (κ2) is 8.94. The molecule has 1 aliphatic rings. The zero-order valence-electron chi connectivity index (χ0n) is 16.1. The molecule has 3 aromatic rings. The number of anilines is 2. The second-order valence-corrected chi connectivity index (χ2v) is 8.23. The number of halogens is 1. The van der Waals surface area contributed by atoms with Crippen LogP contribution in [0.5, 0.6) is 0 Å². The molecule has 7 nitrogen and oxygen atoms in total. The van der Waals surface area contributed by atoms with Crippen LogP contribution < -0.4 is 10.2 Å². The SMILES string of the molecule is CN1CCN(c2ccc(Cl)cc2NC(=O)CCc2nnc(-c3ccsc3)o2)CC1. The Labute approximate surface area is 178 Å². The minimum Gasteiger partial charge on any atom is -0.421 e. The lowest BCUT2D eigenvalue weighted by molar-refractivity contribution is -0.116. The number of carbonyl (C=O) groups excluding carboxylic acids is 1. The van der Waals surface area contributed by atoms with Crippen molar-refractivity contribution in [1.82, 2.24) is 15.1 Å². The number of rotatable bonds is 6. The van der Waals surface area contributed by atoms with Crippen LogP contribution in [-0.2, 0) is 11.2 Å². The first-order valence-electron chi connectivity index (χ1n) is 9.46. The molecule has 0 atom stereocenters. The number of carbonyl (C=O) groups is 1. The number of nitrogens with one attached hydrogen (secondary N) is 1. The Morgan fingerprint density at radius 2 is 2.07 bits per heavy atom. The van der Waals surface area contributed by atoms with Gasteiger partial charge in [0.15, 0.2) is 0 Å². The van der Waals surface area contributed by atoms with Crippen molar-refractivity contribution in [3.05, 3.63) is 45.9 Å². The van der Waals surface area contributed by atoms with Crippen LogP contribution in [0, 0.1) is 0 Å². The quantitative estimate of drug-likeness (QED) is 0.640. The summed E-state index contributed by atoms with van der Waals surface area (Å²) < 4.78 is 5.65. The third kappa shape index (κ3) is 4.95. The zero-order chi connectivity index (χ0) is 20.2. The van der Waals surface area contributed by atoms with E-state index in [0.29, 0.717) is 23.2 Å². The number of hydrogen-bond acceptors (Lipinski definition) is 7. The zero-order valence-corrected chi connectivity index (χ0v) is 17.7. The third-order valence-corrected chi connectivity index (χ3v) is 5.80. The molecule has 1 aliphatic heterocycles. The van der Waals surface area contributed by atoms with Gasteiger partial charge in [0.1, 0.15) is 0 Å². The highest BCUT2D eigenvalue weighted by molar-refractivity contribution is 7.08. The summed E-state index contributed by atoms with van der Waals surface area (Å²) in [6.07, 6.45) is 0.632. The van der Waals surface area contributed by atoms with Gasteiger partial charge in [0.2, 0.25) is 17.7 Å². The minimum absolute atomic E-state index is 0.113. The van der Waals surface area contributed by atoms with Gasteiger partial charge in [0, 0.05) is 55.0 Å². The van der Waals surface area contributed by atoms with Gasteiger partial charge in [-0.3, -0.25) is 4.79 Å². The van der Waals surface area contributed by atoms with E-state index in [-0.39, 0.29) is 12.3 Å². The fourth-order valence-electron chi connectivity index (χ4n) is 3.22. The molecule has 0 bridgehead atoms. The van der Waals surface area contributed by atoms with Crippen LogP contribution in [0.25, 0.3) is 11.5 Å². The first-order valence-corrected chi connectivity index (χ1v) is 10.8. The Balaban J connectivity index is 1.39. The third-order valence-electron chi connectivity index (χ3n) is 4.88. The first-order chi connectivity index (χ1) is 14.1. The highest BCUT2D eigenvalue weighted by atomic mass is 35.5. The Morgan fingerprint density at radius 3 is 2.83 bits per heavy atom. The van der Waals surface area contributed by atoms with E-state index in [1.165, 1.54) is 0 Å². The molecule has 3 heterocycles. The van der Waals surface area contributed by atoms with Gasteiger partial charge in [0.05, 0.1) is 11.4 Å². The number of hydrogen-bond donors (Lipinski definition) is 1. The molecule has 9 heteroatoms. The molecule has 1 fully saturated rings. The van der Waals surface area contributed by atoms with E-state index in [2.05, 4.69) is 32.4 Å². The maximum atomic E-state index is 12.6.